The molecule has 0 saturated heterocycles. The zero-order valence-electron chi connectivity index (χ0n) is 11.6. The first-order valence-electron chi connectivity index (χ1n) is 6.25. The predicted octanol–water partition coefficient (Wildman–Crippen LogP) is 0.400. The maximum absolute atomic E-state index is 12.0. The summed E-state index contributed by atoms with van der Waals surface area (Å²) in [6.07, 6.45) is 0. The third kappa shape index (κ3) is 4.75. The normalized spacial score (nSPS) is 10.6. The summed E-state index contributed by atoms with van der Waals surface area (Å²) in [5.41, 5.74) is 5.17. The van der Waals surface area contributed by atoms with Gasteiger partial charge in [-0.2, -0.15) is 0 Å². The molecule has 3 N–H and O–H groups in total. The minimum Gasteiger partial charge on any atom is -0.464 e. The largest absolute Gasteiger partial charge is 0.464 e. The van der Waals surface area contributed by atoms with E-state index in [9.17, 15) is 9.59 Å². The van der Waals surface area contributed by atoms with E-state index in [0.29, 0.717) is 6.54 Å². The first-order valence-corrected chi connectivity index (χ1v) is 6.25. The molecule has 19 heavy (non-hydrogen) atoms. The molecular formula is C13H21N3O3. The SMILES string of the molecule is Cc1ccc(CN(C(=O)CNC(=O)CN)C(C)C)o1. The number of nitrogens with zero attached hydrogens (tertiary/aromatic N) is 1. The van der Waals surface area contributed by atoms with Crippen molar-refractivity contribution in [3.63, 3.8) is 0 Å². The van der Waals surface area contributed by atoms with E-state index in [0.717, 1.165) is 11.5 Å². The smallest absolute Gasteiger partial charge is 0.242 e. The van der Waals surface area contributed by atoms with E-state index in [1.165, 1.54) is 0 Å². The molecule has 6 heteroatoms. The summed E-state index contributed by atoms with van der Waals surface area (Å²) in [6.45, 7) is 5.91. The molecular weight excluding hydrogens is 246 g/mol. The van der Waals surface area contributed by atoms with Crippen molar-refractivity contribution in [1.29, 1.82) is 0 Å². The zero-order chi connectivity index (χ0) is 14.4. The lowest BCUT2D eigenvalue weighted by molar-refractivity contribution is -0.134. The molecule has 0 saturated carbocycles. The molecule has 0 aliphatic carbocycles. The van der Waals surface area contributed by atoms with Gasteiger partial charge in [-0.25, -0.2) is 0 Å². The van der Waals surface area contributed by atoms with Gasteiger partial charge in [0.2, 0.25) is 11.8 Å². The molecule has 0 aliphatic heterocycles. The van der Waals surface area contributed by atoms with Crippen LogP contribution in [0, 0.1) is 6.92 Å². The van der Waals surface area contributed by atoms with Gasteiger partial charge < -0.3 is 20.4 Å². The third-order valence-corrected chi connectivity index (χ3v) is 2.69. The van der Waals surface area contributed by atoms with Crippen molar-refractivity contribution in [2.75, 3.05) is 13.1 Å². The van der Waals surface area contributed by atoms with Gasteiger partial charge in [-0.3, -0.25) is 9.59 Å². The molecule has 1 rings (SSSR count). The summed E-state index contributed by atoms with van der Waals surface area (Å²) in [5, 5.41) is 2.47. The Balaban J connectivity index is 2.61. The Morgan fingerprint density at radius 2 is 2.11 bits per heavy atom. The topological polar surface area (TPSA) is 88.6 Å². The molecule has 1 aromatic rings. The molecule has 2 amide bonds. The second-order valence-electron chi connectivity index (χ2n) is 4.61. The molecule has 0 atom stereocenters. The van der Waals surface area contributed by atoms with Crippen LogP contribution in [0.4, 0.5) is 0 Å². The lowest BCUT2D eigenvalue weighted by Crippen LogP contribution is -2.44. The first kappa shape index (κ1) is 15.2. The number of nitrogens with one attached hydrogen (secondary N) is 1. The number of carbonyl (C=O) groups excluding carboxylic acids is 2. The Bertz CT molecular complexity index is 440. The summed E-state index contributed by atoms with van der Waals surface area (Å²) >= 11 is 0. The summed E-state index contributed by atoms with van der Waals surface area (Å²) in [6, 6.07) is 3.72. The lowest BCUT2D eigenvalue weighted by atomic mass is 10.2. The monoisotopic (exact) mass is 267 g/mol. The van der Waals surface area contributed by atoms with E-state index in [4.69, 9.17) is 10.2 Å². The van der Waals surface area contributed by atoms with Crippen LogP contribution in [0.1, 0.15) is 25.4 Å². The molecule has 0 aliphatic rings. The maximum atomic E-state index is 12.0. The highest BCUT2D eigenvalue weighted by molar-refractivity contribution is 5.85. The minimum atomic E-state index is -0.342. The van der Waals surface area contributed by atoms with Crippen LogP contribution in [-0.2, 0) is 16.1 Å². The van der Waals surface area contributed by atoms with Crippen molar-refractivity contribution in [2.45, 2.75) is 33.4 Å². The molecule has 1 heterocycles. The zero-order valence-corrected chi connectivity index (χ0v) is 11.6. The van der Waals surface area contributed by atoms with Gasteiger partial charge in [0.05, 0.1) is 19.6 Å². The van der Waals surface area contributed by atoms with Crippen LogP contribution in [0.5, 0.6) is 0 Å². The fourth-order valence-electron chi connectivity index (χ4n) is 1.64. The number of aryl methyl sites for hydroxylation is 1. The van der Waals surface area contributed by atoms with Gasteiger partial charge in [-0.05, 0) is 32.9 Å². The highest BCUT2D eigenvalue weighted by atomic mass is 16.3. The molecule has 1 aromatic heterocycles. The third-order valence-electron chi connectivity index (χ3n) is 2.69. The molecule has 0 bridgehead atoms. The van der Waals surface area contributed by atoms with Crippen LogP contribution in [0.15, 0.2) is 16.5 Å². The molecule has 0 radical (unpaired) electrons. The van der Waals surface area contributed by atoms with Crippen LogP contribution < -0.4 is 11.1 Å². The molecule has 6 nitrogen and oxygen atoms in total. The maximum Gasteiger partial charge on any atom is 0.242 e. The van der Waals surface area contributed by atoms with Crippen LogP contribution >= 0.6 is 0 Å². The van der Waals surface area contributed by atoms with Gasteiger partial charge >= 0.3 is 0 Å². The number of furan rings is 1. The van der Waals surface area contributed by atoms with Crippen molar-refractivity contribution >= 4 is 11.8 Å². The summed E-state index contributed by atoms with van der Waals surface area (Å²) < 4.78 is 5.46. The van der Waals surface area contributed by atoms with E-state index in [1.807, 2.05) is 32.9 Å². The predicted molar refractivity (Wildman–Crippen MR) is 71.2 cm³/mol. The Morgan fingerprint density at radius 1 is 1.42 bits per heavy atom. The Morgan fingerprint density at radius 3 is 2.58 bits per heavy atom. The van der Waals surface area contributed by atoms with Gasteiger partial charge in [-0.15, -0.1) is 0 Å². The summed E-state index contributed by atoms with van der Waals surface area (Å²) in [5.74, 6) is 1.03. The van der Waals surface area contributed by atoms with E-state index in [-0.39, 0.29) is 30.9 Å². The average molecular weight is 267 g/mol. The van der Waals surface area contributed by atoms with Crippen LogP contribution in [0.2, 0.25) is 0 Å². The number of hydrogen-bond donors (Lipinski definition) is 2. The van der Waals surface area contributed by atoms with Crippen LogP contribution in [-0.4, -0.2) is 35.8 Å². The van der Waals surface area contributed by atoms with E-state index < -0.39 is 0 Å². The van der Waals surface area contributed by atoms with Gasteiger partial charge in [0, 0.05) is 6.04 Å². The molecule has 106 valence electrons. The number of carbonyl (C=O) groups is 2. The van der Waals surface area contributed by atoms with Gasteiger partial charge in [0.15, 0.2) is 0 Å². The van der Waals surface area contributed by atoms with Crippen molar-refractivity contribution in [2.24, 2.45) is 5.73 Å². The number of amides is 2. The Labute approximate surface area is 112 Å². The van der Waals surface area contributed by atoms with Crippen molar-refractivity contribution in [1.82, 2.24) is 10.2 Å². The quantitative estimate of drug-likeness (QED) is 0.781. The van der Waals surface area contributed by atoms with Crippen LogP contribution in [0.25, 0.3) is 0 Å². The van der Waals surface area contributed by atoms with E-state index >= 15 is 0 Å². The summed E-state index contributed by atoms with van der Waals surface area (Å²) in [7, 11) is 0. The highest BCUT2D eigenvalue weighted by Gasteiger charge is 2.19. The Hall–Kier alpha value is -1.82. The first-order chi connectivity index (χ1) is 8.93. The van der Waals surface area contributed by atoms with Crippen LogP contribution in [0.3, 0.4) is 0 Å². The summed E-state index contributed by atoms with van der Waals surface area (Å²) in [4.78, 5) is 24.7. The lowest BCUT2D eigenvalue weighted by Gasteiger charge is -2.26. The molecule has 0 unspecified atom stereocenters. The van der Waals surface area contributed by atoms with E-state index in [2.05, 4.69) is 5.32 Å². The van der Waals surface area contributed by atoms with Crippen molar-refractivity contribution < 1.29 is 14.0 Å². The van der Waals surface area contributed by atoms with Gasteiger partial charge in [-0.1, -0.05) is 0 Å². The van der Waals surface area contributed by atoms with E-state index in [1.54, 1.807) is 4.90 Å². The minimum absolute atomic E-state index is 0.0210. The average Bonchev–Trinajstić information content (AvgIpc) is 2.77. The second-order valence-corrected chi connectivity index (χ2v) is 4.61. The molecule has 0 spiro atoms. The van der Waals surface area contributed by atoms with Crippen molar-refractivity contribution in [3.8, 4) is 0 Å². The van der Waals surface area contributed by atoms with Gasteiger partial charge in [0.25, 0.3) is 0 Å². The standard InChI is InChI=1S/C13H21N3O3/c1-9(2)16(8-11-5-4-10(3)19-11)13(18)7-15-12(17)6-14/h4-5,9H,6-8,14H2,1-3H3,(H,15,17). The van der Waals surface area contributed by atoms with Gasteiger partial charge in [0.1, 0.15) is 11.5 Å². The molecule has 0 aromatic carbocycles. The Kier molecular flexibility index (Phi) is 5.57. The second kappa shape index (κ2) is 6.94. The number of hydrogen-bond acceptors (Lipinski definition) is 4. The fourth-order valence-corrected chi connectivity index (χ4v) is 1.64. The van der Waals surface area contributed by atoms with Crippen molar-refractivity contribution in [3.05, 3.63) is 23.7 Å². The number of rotatable bonds is 6. The molecule has 0 fully saturated rings. The number of nitrogens with two attached hydrogens (primary N) is 1. The fraction of sp³-hybridized carbons (Fsp3) is 0.538. The highest BCUT2D eigenvalue weighted by Crippen LogP contribution is 2.11.